The lowest BCUT2D eigenvalue weighted by atomic mass is 9.43. The third-order valence-electron chi connectivity index (χ3n) is 13.9. The molecule has 3 nitrogen and oxygen atoms in total. The van der Waals surface area contributed by atoms with E-state index in [9.17, 15) is 15.0 Å². The number of carbonyl (C=O) groups excluding carboxylic acids is 1. The molecule has 2 saturated carbocycles. The molecule has 4 aliphatic carbocycles. The maximum absolute atomic E-state index is 11.1. The van der Waals surface area contributed by atoms with E-state index in [0.29, 0.717) is 34.1 Å². The Bertz CT molecular complexity index is 1370. The number of benzene rings is 1. The minimum absolute atomic E-state index is 0.0217. The minimum atomic E-state index is -0.130. The van der Waals surface area contributed by atoms with Gasteiger partial charge in [-0.3, -0.25) is 4.79 Å². The standard InChI is InChI=1S/C30H50O.C13H16O2/c1-20(2)10-9-11-21(3)22-14-18-30(8)24-12-13-25-27(4,5)26(31)16-17-28(25,6)23(24)15-19-29(22,30)7;1-9(2)4-5-12-8-11(10(3)14)6-7-13(12)15/h10,21-22,25-26,31H,9,11-19H2,1-8H3;4,6-8,15H,5H2,1-3H3. The second-order valence-corrected chi connectivity index (χ2v) is 17.5. The van der Waals surface area contributed by atoms with Crippen LogP contribution in [-0.2, 0) is 6.42 Å². The Balaban J connectivity index is 0.000000270. The van der Waals surface area contributed by atoms with E-state index in [1.54, 1.807) is 18.2 Å². The molecule has 7 unspecified atom stereocenters. The highest BCUT2D eigenvalue weighted by molar-refractivity contribution is 5.94. The third kappa shape index (κ3) is 6.74. The number of allylic oxidation sites excluding steroid dienone is 6. The summed E-state index contributed by atoms with van der Waals surface area (Å²) in [5, 5.41) is 20.4. The van der Waals surface area contributed by atoms with Crippen molar-refractivity contribution in [3.8, 4) is 5.75 Å². The molecule has 4 aliphatic rings. The van der Waals surface area contributed by atoms with Gasteiger partial charge in [0.15, 0.2) is 5.78 Å². The zero-order valence-corrected chi connectivity index (χ0v) is 31.3. The molecule has 0 heterocycles. The monoisotopic (exact) mass is 631 g/mol. The summed E-state index contributed by atoms with van der Waals surface area (Å²) in [5.41, 5.74) is 9.04. The maximum Gasteiger partial charge on any atom is 0.159 e. The van der Waals surface area contributed by atoms with Gasteiger partial charge in [-0.15, -0.1) is 0 Å². The molecular weight excluding hydrogens is 564 g/mol. The molecule has 0 aliphatic heterocycles. The molecule has 46 heavy (non-hydrogen) atoms. The average molecular weight is 631 g/mol. The van der Waals surface area contributed by atoms with Crippen LogP contribution in [0.2, 0.25) is 0 Å². The Morgan fingerprint density at radius 1 is 0.891 bits per heavy atom. The number of carbonyl (C=O) groups is 1. The number of hydrogen-bond acceptors (Lipinski definition) is 3. The molecule has 256 valence electrons. The van der Waals surface area contributed by atoms with Crippen LogP contribution in [0.1, 0.15) is 156 Å². The van der Waals surface area contributed by atoms with Gasteiger partial charge in [0.05, 0.1) is 6.10 Å². The molecule has 5 rings (SSSR count). The van der Waals surface area contributed by atoms with E-state index in [-0.39, 0.29) is 23.1 Å². The lowest BCUT2D eigenvalue weighted by Gasteiger charge is -2.62. The highest BCUT2D eigenvalue weighted by Crippen LogP contribution is 2.72. The fraction of sp³-hybridized carbons (Fsp3) is 0.698. The number of phenolic OH excluding ortho intramolecular Hbond substituents is 1. The van der Waals surface area contributed by atoms with Crippen molar-refractivity contribution in [2.45, 2.75) is 153 Å². The van der Waals surface area contributed by atoms with Gasteiger partial charge < -0.3 is 10.2 Å². The van der Waals surface area contributed by atoms with E-state index in [0.717, 1.165) is 23.8 Å². The molecule has 0 radical (unpaired) electrons. The predicted octanol–water partition coefficient (Wildman–Crippen LogP) is 11.6. The van der Waals surface area contributed by atoms with Gasteiger partial charge >= 0.3 is 0 Å². The summed E-state index contributed by atoms with van der Waals surface area (Å²) in [5.74, 6) is 2.59. The Morgan fingerprint density at radius 2 is 1.57 bits per heavy atom. The van der Waals surface area contributed by atoms with Gasteiger partial charge in [-0.2, -0.15) is 0 Å². The molecule has 2 N–H and O–H groups in total. The van der Waals surface area contributed by atoms with Gasteiger partial charge in [-0.25, -0.2) is 0 Å². The Labute approximate surface area is 282 Å². The maximum atomic E-state index is 11.1. The van der Waals surface area contributed by atoms with Crippen LogP contribution < -0.4 is 0 Å². The van der Waals surface area contributed by atoms with Crippen LogP contribution in [0, 0.1) is 39.4 Å². The van der Waals surface area contributed by atoms with Crippen LogP contribution in [0.15, 0.2) is 52.6 Å². The first-order valence-electron chi connectivity index (χ1n) is 18.4. The van der Waals surface area contributed by atoms with Crippen LogP contribution in [-0.4, -0.2) is 22.1 Å². The number of Topliss-reactive ketones (excluding diaryl/α,β-unsaturated/α-hetero) is 1. The van der Waals surface area contributed by atoms with Gasteiger partial charge in [-0.05, 0) is 168 Å². The number of ketones is 1. The SMILES string of the molecule is CC(=O)c1ccc(O)c(CC=C(C)C)c1.CC(C)=CCCC(C)C1CCC2(C)C3=C(CCC12C)C1(C)CCC(O)C(C)(C)C1CC3. The first-order valence-corrected chi connectivity index (χ1v) is 18.4. The van der Waals surface area contributed by atoms with Crippen molar-refractivity contribution in [1.82, 2.24) is 0 Å². The predicted molar refractivity (Wildman–Crippen MR) is 194 cm³/mol. The summed E-state index contributed by atoms with van der Waals surface area (Å²) < 4.78 is 0. The second-order valence-electron chi connectivity index (χ2n) is 17.5. The van der Waals surface area contributed by atoms with Crippen molar-refractivity contribution in [2.75, 3.05) is 0 Å². The lowest BCUT2D eigenvalue weighted by Crippen LogP contribution is -2.55. The molecule has 1 aromatic carbocycles. The molecule has 0 saturated heterocycles. The summed E-state index contributed by atoms with van der Waals surface area (Å²) in [6, 6.07) is 4.96. The molecule has 0 spiro atoms. The normalized spacial score (nSPS) is 33.4. The summed E-state index contributed by atoms with van der Waals surface area (Å²) >= 11 is 0. The van der Waals surface area contributed by atoms with Crippen LogP contribution in [0.5, 0.6) is 5.75 Å². The van der Waals surface area contributed by atoms with Gasteiger partial charge in [-0.1, -0.05) is 76.0 Å². The van der Waals surface area contributed by atoms with Gasteiger partial charge in [0.25, 0.3) is 0 Å². The molecule has 0 amide bonds. The zero-order valence-electron chi connectivity index (χ0n) is 31.3. The number of rotatable bonds is 7. The van der Waals surface area contributed by atoms with E-state index in [2.05, 4.69) is 61.5 Å². The number of aliphatic hydroxyl groups is 1. The molecule has 7 atom stereocenters. The largest absolute Gasteiger partial charge is 0.508 e. The van der Waals surface area contributed by atoms with Crippen LogP contribution in [0.4, 0.5) is 0 Å². The fourth-order valence-electron chi connectivity index (χ4n) is 10.7. The van der Waals surface area contributed by atoms with E-state index in [1.165, 1.54) is 75.9 Å². The Morgan fingerprint density at radius 3 is 2.20 bits per heavy atom. The van der Waals surface area contributed by atoms with Crippen molar-refractivity contribution in [2.24, 2.45) is 39.4 Å². The summed E-state index contributed by atoms with van der Waals surface area (Å²) in [4.78, 5) is 11.1. The topological polar surface area (TPSA) is 57.5 Å². The number of aromatic hydroxyl groups is 1. The summed E-state index contributed by atoms with van der Waals surface area (Å²) in [6.45, 7) is 25.2. The highest BCUT2D eigenvalue weighted by atomic mass is 16.3. The lowest BCUT2D eigenvalue weighted by molar-refractivity contribution is -0.0962. The zero-order chi connectivity index (χ0) is 34.2. The number of aliphatic hydroxyl groups excluding tert-OH is 1. The van der Waals surface area contributed by atoms with Gasteiger partial charge in [0.1, 0.15) is 5.75 Å². The first kappa shape index (κ1) is 36.7. The molecule has 1 aromatic rings. The molecule has 0 aromatic heterocycles. The van der Waals surface area contributed by atoms with Crippen LogP contribution >= 0.6 is 0 Å². The van der Waals surface area contributed by atoms with Crippen molar-refractivity contribution in [3.05, 3.63) is 63.8 Å². The molecule has 2 fully saturated rings. The quantitative estimate of drug-likeness (QED) is 0.233. The van der Waals surface area contributed by atoms with Crippen LogP contribution in [0.25, 0.3) is 0 Å². The van der Waals surface area contributed by atoms with Crippen molar-refractivity contribution in [1.29, 1.82) is 0 Å². The Kier molecular flexibility index (Phi) is 11.0. The van der Waals surface area contributed by atoms with Crippen molar-refractivity contribution in [3.63, 3.8) is 0 Å². The molecular formula is C43H66O3. The van der Waals surface area contributed by atoms with E-state index in [4.69, 9.17) is 0 Å². The van der Waals surface area contributed by atoms with Crippen molar-refractivity contribution < 1.29 is 15.0 Å². The summed E-state index contributed by atoms with van der Waals surface area (Å²) in [6.07, 6.45) is 17.9. The van der Waals surface area contributed by atoms with E-state index >= 15 is 0 Å². The number of hydrogen-bond donors (Lipinski definition) is 2. The summed E-state index contributed by atoms with van der Waals surface area (Å²) in [7, 11) is 0. The minimum Gasteiger partial charge on any atom is -0.508 e. The fourth-order valence-corrected chi connectivity index (χ4v) is 10.7. The molecule has 0 bridgehead atoms. The highest BCUT2D eigenvalue weighted by Gasteiger charge is 2.63. The van der Waals surface area contributed by atoms with E-state index in [1.807, 2.05) is 31.1 Å². The van der Waals surface area contributed by atoms with Crippen LogP contribution in [0.3, 0.4) is 0 Å². The average Bonchev–Trinajstić information content (AvgIpc) is 3.26. The number of fused-ring (bicyclic) bond motifs is 4. The Hall–Kier alpha value is -2.13. The number of phenols is 1. The van der Waals surface area contributed by atoms with Crippen molar-refractivity contribution >= 4 is 5.78 Å². The van der Waals surface area contributed by atoms with Gasteiger partial charge in [0.2, 0.25) is 0 Å². The van der Waals surface area contributed by atoms with Gasteiger partial charge in [0, 0.05) is 5.56 Å². The third-order valence-corrected chi connectivity index (χ3v) is 13.9. The smallest absolute Gasteiger partial charge is 0.159 e. The molecule has 3 heteroatoms. The second kappa shape index (κ2) is 13.8. The van der Waals surface area contributed by atoms with E-state index < -0.39 is 0 Å². The first-order chi connectivity index (χ1) is 21.4.